The summed E-state index contributed by atoms with van der Waals surface area (Å²) in [4.78, 5) is 3.78. The van der Waals surface area contributed by atoms with E-state index in [4.69, 9.17) is 13.3 Å². The smallest absolute Gasteiger partial charge is 0.371 e. The Labute approximate surface area is 111 Å². The van der Waals surface area contributed by atoms with Crippen molar-refractivity contribution >= 4 is 8.80 Å². The van der Waals surface area contributed by atoms with E-state index in [0.717, 1.165) is 0 Å². The van der Waals surface area contributed by atoms with Crippen LogP contribution in [-0.2, 0) is 13.3 Å². The van der Waals surface area contributed by atoms with Crippen molar-refractivity contribution in [2.75, 3.05) is 19.8 Å². The van der Waals surface area contributed by atoms with Crippen LogP contribution >= 0.6 is 0 Å². The lowest BCUT2D eigenvalue weighted by Gasteiger charge is -2.24. The lowest BCUT2D eigenvalue weighted by atomic mass is 10.5. The summed E-state index contributed by atoms with van der Waals surface area (Å²) in [6.07, 6.45) is 3.50. The van der Waals surface area contributed by atoms with Crippen molar-refractivity contribution in [1.82, 2.24) is 4.98 Å². The molecule has 18 heavy (non-hydrogen) atoms. The van der Waals surface area contributed by atoms with Gasteiger partial charge in [-0.2, -0.15) is 0 Å². The third kappa shape index (κ3) is 7.34. The van der Waals surface area contributed by atoms with Crippen LogP contribution in [0.25, 0.3) is 0 Å². The third-order valence-corrected chi connectivity index (χ3v) is 4.43. The Kier molecular flexibility index (Phi) is 10.5. The zero-order valence-electron chi connectivity index (χ0n) is 11.5. The molecule has 0 spiro atoms. The van der Waals surface area contributed by atoms with Crippen molar-refractivity contribution < 1.29 is 13.3 Å². The van der Waals surface area contributed by atoms with E-state index in [-0.39, 0.29) is 0 Å². The van der Waals surface area contributed by atoms with Gasteiger partial charge in [-0.15, -0.1) is 0 Å². The molecule has 0 aliphatic carbocycles. The topological polar surface area (TPSA) is 40.6 Å². The molecule has 0 unspecified atom stereocenters. The zero-order chi connectivity index (χ0) is 13.7. The minimum absolute atomic E-state index is 0.595. The van der Waals surface area contributed by atoms with Gasteiger partial charge in [0.2, 0.25) is 0 Å². The van der Waals surface area contributed by atoms with Gasteiger partial charge in [0, 0.05) is 32.2 Å². The van der Waals surface area contributed by atoms with Crippen molar-refractivity contribution in [3.8, 4) is 0 Å². The number of nitrogens with zero attached hydrogens (tertiary/aromatic N) is 1. The van der Waals surface area contributed by atoms with E-state index in [1.807, 2.05) is 39.0 Å². The average Bonchev–Trinajstić information content (AvgIpc) is 2.42. The Morgan fingerprint density at radius 2 is 1.39 bits per heavy atom. The molecule has 0 saturated heterocycles. The first-order valence-electron chi connectivity index (χ1n) is 6.15. The van der Waals surface area contributed by atoms with E-state index < -0.39 is 8.80 Å². The molecule has 1 rings (SSSR count). The van der Waals surface area contributed by atoms with Crippen LogP contribution in [0, 0.1) is 0 Å². The Hall–Kier alpha value is -1.01. The molecule has 0 atom stereocenters. The summed E-state index contributed by atoms with van der Waals surface area (Å²) >= 11 is 0. The summed E-state index contributed by atoms with van der Waals surface area (Å²) in [5.74, 6) is 0. The first-order chi connectivity index (χ1) is 8.74. The Morgan fingerprint density at radius 1 is 0.944 bits per heavy atom. The highest BCUT2D eigenvalue weighted by Crippen LogP contribution is 2.10. The second kappa shape index (κ2) is 11.1. The molecule has 0 saturated carbocycles. The van der Waals surface area contributed by atoms with Crippen LogP contribution < -0.4 is 0 Å². The van der Waals surface area contributed by atoms with Gasteiger partial charge in [0.1, 0.15) is 0 Å². The zero-order valence-corrected chi connectivity index (χ0v) is 12.5. The molecule has 4 nitrogen and oxygen atoms in total. The number of hydrogen-bond donors (Lipinski definition) is 0. The van der Waals surface area contributed by atoms with Crippen molar-refractivity contribution in [3.05, 3.63) is 42.9 Å². The maximum atomic E-state index is 5.44. The number of pyridine rings is 1. The molecule has 0 bridgehead atoms. The first kappa shape index (κ1) is 17.0. The van der Waals surface area contributed by atoms with Crippen molar-refractivity contribution in [1.29, 1.82) is 0 Å². The van der Waals surface area contributed by atoms with Crippen LogP contribution in [0.1, 0.15) is 20.8 Å². The monoisotopic (exact) mass is 269 g/mol. The highest BCUT2D eigenvalue weighted by molar-refractivity contribution is 6.66. The van der Waals surface area contributed by atoms with Crippen LogP contribution in [0.3, 0.4) is 0 Å². The molecule has 0 N–H and O–H groups in total. The van der Waals surface area contributed by atoms with E-state index in [2.05, 4.69) is 11.6 Å². The van der Waals surface area contributed by atoms with Gasteiger partial charge < -0.3 is 13.3 Å². The van der Waals surface area contributed by atoms with E-state index in [0.29, 0.717) is 19.8 Å². The Balaban J connectivity index is 0.000000397. The van der Waals surface area contributed by atoms with Gasteiger partial charge in [0.25, 0.3) is 0 Å². The van der Waals surface area contributed by atoms with Gasteiger partial charge >= 0.3 is 8.80 Å². The largest absolute Gasteiger partial charge is 0.528 e. The number of aromatic nitrogens is 1. The molecule has 1 aromatic rings. The van der Waals surface area contributed by atoms with Crippen LogP contribution in [0.2, 0.25) is 0 Å². The maximum absolute atomic E-state index is 5.44. The highest BCUT2D eigenvalue weighted by atomic mass is 28.4. The van der Waals surface area contributed by atoms with Crippen LogP contribution in [0.4, 0.5) is 0 Å². The van der Waals surface area contributed by atoms with Gasteiger partial charge in [-0.05, 0) is 38.6 Å². The molecule has 0 aromatic carbocycles. The van der Waals surface area contributed by atoms with Crippen molar-refractivity contribution in [2.24, 2.45) is 0 Å². The molecule has 0 amide bonds. The van der Waals surface area contributed by atoms with Gasteiger partial charge in [-0.25, -0.2) is 0 Å². The Bertz CT molecular complexity index is 252. The molecular weight excluding hydrogens is 246 g/mol. The molecule has 0 radical (unpaired) electrons. The predicted molar refractivity (Wildman–Crippen MR) is 75.1 cm³/mol. The van der Waals surface area contributed by atoms with E-state index in [1.54, 1.807) is 18.1 Å². The second-order valence-corrected chi connectivity index (χ2v) is 5.61. The fraction of sp³-hybridized carbons (Fsp3) is 0.462. The third-order valence-electron chi connectivity index (χ3n) is 1.85. The number of hydrogen-bond acceptors (Lipinski definition) is 4. The minimum Gasteiger partial charge on any atom is -0.371 e. The molecular formula is C13H23NO3Si. The summed E-state index contributed by atoms with van der Waals surface area (Å²) in [6.45, 7) is 11.2. The molecule has 0 fully saturated rings. The van der Waals surface area contributed by atoms with Crippen LogP contribution in [0.15, 0.2) is 42.9 Å². The van der Waals surface area contributed by atoms with E-state index in [9.17, 15) is 0 Å². The normalized spacial score (nSPS) is 10.4. The molecule has 0 aliphatic heterocycles. The van der Waals surface area contributed by atoms with E-state index >= 15 is 0 Å². The first-order valence-corrected chi connectivity index (χ1v) is 7.95. The highest BCUT2D eigenvalue weighted by Gasteiger charge is 2.36. The number of rotatable bonds is 7. The second-order valence-electron chi connectivity index (χ2n) is 3.13. The molecule has 1 heterocycles. The lowest BCUT2D eigenvalue weighted by molar-refractivity contribution is 0.0844. The fourth-order valence-corrected chi connectivity index (χ4v) is 3.03. The van der Waals surface area contributed by atoms with Crippen LogP contribution in [0.5, 0.6) is 0 Å². The maximum Gasteiger partial charge on any atom is 0.528 e. The molecule has 0 aliphatic rings. The lowest BCUT2D eigenvalue weighted by Crippen LogP contribution is -2.44. The van der Waals surface area contributed by atoms with Crippen molar-refractivity contribution in [3.63, 3.8) is 0 Å². The molecule has 102 valence electrons. The summed E-state index contributed by atoms with van der Waals surface area (Å²) in [6, 6.07) is 5.72. The fourth-order valence-electron chi connectivity index (χ4n) is 1.22. The Morgan fingerprint density at radius 3 is 1.56 bits per heavy atom. The van der Waals surface area contributed by atoms with Crippen molar-refractivity contribution in [2.45, 2.75) is 20.8 Å². The van der Waals surface area contributed by atoms with Gasteiger partial charge in [-0.3, -0.25) is 4.98 Å². The molecule has 1 aromatic heterocycles. The van der Waals surface area contributed by atoms with E-state index in [1.165, 1.54) is 0 Å². The summed E-state index contributed by atoms with van der Waals surface area (Å²) in [5, 5.41) is 0. The van der Waals surface area contributed by atoms with Gasteiger partial charge in [0.05, 0.1) is 0 Å². The summed E-state index contributed by atoms with van der Waals surface area (Å²) in [7, 11) is -2.51. The average molecular weight is 269 g/mol. The quantitative estimate of drug-likeness (QED) is 0.714. The minimum atomic E-state index is -2.51. The molecule has 5 heteroatoms. The SMILES string of the molecule is C=C[Si](OCC)(OCC)OCC.c1ccncc1. The standard InChI is InChI=1S/C8H18O3Si.C5H5N/c1-5-9-12(8-4,10-6-2)11-7-3;1-2-4-6-5-3-1/h8H,4-7H2,1-3H3;1-5H. The van der Waals surface area contributed by atoms with Gasteiger partial charge in [-0.1, -0.05) is 12.6 Å². The predicted octanol–water partition coefficient (Wildman–Crippen LogP) is 2.84. The summed E-state index contributed by atoms with van der Waals surface area (Å²) in [5.41, 5.74) is 1.67. The van der Waals surface area contributed by atoms with Crippen LogP contribution in [-0.4, -0.2) is 33.6 Å². The van der Waals surface area contributed by atoms with Gasteiger partial charge in [0.15, 0.2) is 0 Å². The summed E-state index contributed by atoms with van der Waals surface area (Å²) < 4.78 is 16.3.